The fourth-order valence-corrected chi connectivity index (χ4v) is 5.26. The summed E-state index contributed by atoms with van der Waals surface area (Å²) in [4.78, 5) is 13.7. The molecule has 2 N–H and O–H groups in total. The third-order valence-corrected chi connectivity index (χ3v) is 6.94. The number of nitriles is 1. The van der Waals surface area contributed by atoms with E-state index in [4.69, 9.17) is 22.1 Å². The number of rotatable bonds is 3. The van der Waals surface area contributed by atoms with Crippen LogP contribution in [0.5, 0.6) is 0 Å². The Kier molecular flexibility index (Phi) is 5.94. The Balaban J connectivity index is 1.66. The molecule has 0 saturated carbocycles. The topological polar surface area (TPSA) is 82.6 Å². The maximum absolute atomic E-state index is 13.7. The molecule has 168 valence electrons. The van der Waals surface area contributed by atoms with Crippen LogP contribution < -0.4 is 5.73 Å². The molecule has 0 amide bonds. The number of hydrogen-bond acceptors (Lipinski definition) is 6. The lowest BCUT2D eigenvalue weighted by atomic mass is 9.72. The SMILES string of the molecule is N#CC1=C(N)N(N2CCOCC2)C2=C(C(=O)C[C@@H](c3ccccc3)C2)[C@@H]1c1ccc(Cl)cc1. The minimum atomic E-state index is -0.496. The monoisotopic (exact) mass is 460 g/mol. The molecule has 0 spiro atoms. The van der Waals surface area contributed by atoms with Gasteiger partial charge in [0.1, 0.15) is 5.82 Å². The summed E-state index contributed by atoms with van der Waals surface area (Å²) in [6, 6.07) is 19.8. The van der Waals surface area contributed by atoms with Crippen LogP contribution in [0.25, 0.3) is 0 Å². The van der Waals surface area contributed by atoms with E-state index in [2.05, 4.69) is 23.2 Å². The number of morpholine rings is 1. The van der Waals surface area contributed by atoms with Gasteiger partial charge >= 0.3 is 0 Å². The van der Waals surface area contributed by atoms with Crippen LogP contribution in [-0.2, 0) is 9.53 Å². The smallest absolute Gasteiger partial charge is 0.162 e. The number of hydrogen-bond donors (Lipinski definition) is 1. The first-order chi connectivity index (χ1) is 16.1. The maximum Gasteiger partial charge on any atom is 0.162 e. The number of carbonyl (C=O) groups is 1. The molecule has 33 heavy (non-hydrogen) atoms. The summed E-state index contributed by atoms with van der Waals surface area (Å²) in [5.41, 5.74) is 10.6. The number of benzene rings is 2. The van der Waals surface area contributed by atoms with E-state index >= 15 is 0 Å². The summed E-state index contributed by atoms with van der Waals surface area (Å²) >= 11 is 6.12. The van der Waals surface area contributed by atoms with E-state index in [1.165, 1.54) is 0 Å². The molecule has 1 fully saturated rings. The Morgan fingerprint density at radius 1 is 1.00 bits per heavy atom. The highest BCUT2D eigenvalue weighted by atomic mass is 35.5. The normalized spacial score (nSPS) is 24.0. The number of hydrazine groups is 1. The average Bonchev–Trinajstić information content (AvgIpc) is 2.85. The molecule has 2 heterocycles. The van der Waals surface area contributed by atoms with Gasteiger partial charge in [-0.25, -0.2) is 5.01 Å². The molecule has 0 aromatic heterocycles. The largest absolute Gasteiger partial charge is 0.383 e. The fourth-order valence-electron chi connectivity index (χ4n) is 5.14. The lowest BCUT2D eigenvalue weighted by Crippen LogP contribution is -2.52. The van der Waals surface area contributed by atoms with Crippen LogP contribution in [-0.4, -0.2) is 42.1 Å². The van der Waals surface area contributed by atoms with Gasteiger partial charge in [0.2, 0.25) is 0 Å². The van der Waals surface area contributed by atoms with Crippen molar-refractivity contribution in [3.8, 4) is 6.07 Å². The van der Waals surface area contributed by atoms with Crippen LogP contribution in [0.15, 0.2) is 77.3 Å². The maximum atomic E-state index is 13.7. The van der Waals surface area contributed by atoms with Gasteiger partial charge in [0.15, 0.2) is 5.78 Å². The predicted molar refractivity (Wildman–Crippen MR) is 126 cm³/mol. The van der Waals surface area contributed by atoms with Gasteiger partial charge in [-0.2, -0.15) is 5.26 Å². The second-order valence-electron chi connectivity index (χ2n) is 8.57. The standard InChI is InChI=1S/C26H25ClN4O2/c27-20-8-6-18(7-9-20)24-21(16-28)26(29)31(30-10-12-33-13-11-30)22-14-19(15-23(32)25(22)24)17-4-2-1-3-5-17/h1-9,19,24H,10-15,29H2/t19-,24+/m0/s1. The van der Waals surface area contributed by atoms with Crippen LogP contribution in [0.1, 0.15) is 35.8 Å². The van der Waals surface area contributed by atoms with Crippen molar-refractivity contribution in [2.75, 3.05) is 26.3 Å². The number of allylic oxidation sites excluding steroid dienone is 3. The van der Waals surface area contributed by atoms with Gasteiger partial charge in [-0.3, -0.25) is 9.80 Å². The second-order valence-corrected chi connectivity index (χ2v) is 9.01. The quantitative estimate of drug-likeness (QED) is 0.743. The average molecular weight is 461 g/mol. The number of nitrogens with zero attached hydrogens (tertiary/aromatic N) is 3. The second kappa shape index (κ2) is 9.03. The highest BCUT2D eigenvalue weighted by Gasteiger charge is 2.44. The highest BCUT2D eigenvalue weighted by molar-refractivity contribution is 6.30. The first-order valence-electron chi connectivity index (χ1n) is 11.2. The first-order valence-corrected chi connectivity index (χ1v) is 11.6. The Morgan fingerprint density at radius 3 is 2.36 bits per heavy atom. The van der Waals surface area contributed by atoms with Crippen molar-refractivity contribution in [1.29, 1.82) is 5.26 Å². The lowest BCUT2D eigenvalue weighted by molar-refractivity contribution is -0.117. The molecule has 2 aromatic carbocycles. The Morgan fingerprint density at radius 2 is 1.70 bits per heavy atom. The number of Topliss-reactive ketones (excluding diaryl/α,β-unsaturated/α-hetero) is 1. The van der Waals surface area contributed by atoms with Gasteiger partial charge in [-0.1, -0.05) is 54.1 Å². The molecule has 0 radical (unpaired) electrons. The number of ether oxygens (including phenoxy) is 1. The molecule has 2 aromatic rings. The Labute approximate surface area is 198 Å². The van der Waals surface area contributed by atoms with Crippen LogP contribution >= 0.6 is 11.6 Å². The minimum absolute atomic E-state index is 0.0586. The molecule has 3 aliphatic rings. The Hall–Kier alpha value is -3.11. The molecule has 7 heteroatoms. The van der Waals surface area contributed by atoms with Gasteiger partial charge in [-0.15, -0.1) is 0 Å². The molecule has 1 aliphatic carbocycles. The van der Waals surface area contributed by atoms with E-state index in [0.29, 0.717) is 61.1 Å². The molecule has 2 atom stereocenters. The van der Waals surface area contributed by atoms with Crippen molar-refractivity contribution in [2.24, 2.45) is 5.73 Å². The first kappa shape index (κ1) is 21.7. The molecular weight excluding hydrogens is 436 g/mol. The van der Waals surface area contributed by atoms with E-state index in [9.17, 15) is 10.1 Å². The zero-order valence-electron chi connectivity index (χ0n) is 18.2. The van der Waals surface area contributed by atoms with Crippen LogP contribution in [0.2, 0.25) is 5.02 Å². The van der Waals surface area contributed by atoms with Crippen LogP contribution in [0.4, 0.5) is 0 Å². The summed E-state index contributed by atoms with van der Waals surface area (Å²) in [7, 11) is 0. The minimum Gasteiger partial charge on any atom is -0.383 e. The zero-order chi connectivity index (χ0) is 22.9. The van der Waals surface area contributed by atoms with E-state index in [0.717, 1.165) is 16.8 Å². The van der Waals surface area contributed by atoms with Crippen molar-refractivity contribution >= 4 is 17.4 Å². The third-order valence-electron chi connectivity index (χ3n) is 6.69. The van der Waals surface area contributed by atoms with E-state index < -0.39 is 5.92 Å². The van der Waals surface area contributed by atoms with Crippen molar-refractivity contribution in [3.63, 3.8) is 0 Å². The van der Waals surface area contributed by atoms with Gasteiger partial charge in [0, 0.05) is 35.8 Å². The zero-order valence-corrected chi connectivity index (χ0v) is 19.0. The molecule has 2 aliphatic heterocycles. The van der Waals surface area contributed by atoms with Crippen LogP contribution in [0, 0.1) is 11.3 Å². The molecular formula is C26H25ClN4O2. The molecule has 6 nitrogen and oxygen atoms in total. The molecule has 5 rings (SSSR count). The van der Waals surface area contributed by atoms with Gasteiger partial charge in [-0.05, 0) is 35.6 Å². The lowest BCUT2D eigenvalue weighted by Gasteiger charge is -2.47. The molecule has 0 unspecified atom stereocenters. The number of nitrogens with two attached hydrogens (primary N) is 1. The van der Waals surface area contributed by atoms with E-state index in [-0.39, 0.29) is 11.7 Å². The van der Waals surface area contributed by atoms with E-state index in [1.807, 2.05) is 35.3 Å². The van der Waals surface area contributed by atoms with E-state index in [1.54, 1.807) is 12.1 Å². The number of halogens is 1. The van der Waals surface area contributed by atoms with Crippen molar-refractivity contribution in [3.05, 3.63) is 93.4 Å². The summed E-state index contributed by atoms with van der Waals surface area (Å²) in [5.74, 6) is 0.00949. The summed E-state index contributed by atoms with van der Waals surface area (Å²) < 4.78 is 5.54. The molecule has 0 bridgehead atoms. The highest BCUT2D eigenvalue weighted by Crippen LogP contribution is 2.48. The number of ketones is 1. The predicted octanol–water partition coefficient (Wildman–Crippen LogP) is 4.08. The fraction of sp³-hybridized carbons (Fsp3) is 0.308. The summed E-state index contributed by atoms with van der Waals surface area (Å²) in [6.45, 7) is 2.44. The molecule has 1 saturated heterocycles. The van der Waals surface area contributed by atoms with Gasteiger partial charge < -0.3 is 10.5 Å². The summed E-state index contributed by atoms with van der Waals surface area (Å²) in [5, 5.41) is 14.8. The third kappa shape index (κ3) is 3.93. The summed E-state index contributed by atoms with van der Waals surface area (Å²) in [6.07, 6.45) is 1.08. The Bertz CT molecular complexity index is 1160. The van der Waals surface area contributed by atoms with Crippen molar-refractivity contribution in [1.82, 2.24) is 10.0 Å². The van der Waals surface area contributed by atoms with Gasteiger partial charge in [0.25, 0.3) is 0 Å². The van der Waals surface area contributed by atoms with Crippen molar-refractivity contribution < 1.29 is 9.53 Å². The number of carbonyl (C=O) groups excluding carboxylic acids is 1. The van der Waals surface area contributed by atoms with Crippen molar-refractivity contribution in [2.45, 2.75) is 24.7 Å². The van der Waals surface area contributed by atoms with Crippen LogP contribution in [0.3, 0.4) is 0 Å². The van der Waals surface area contributed by atoms with Gasteiger partial charge in [0.05, 0.1) is 30.8 Å².